The molecule has 8 heteroatoms. The van der Waals surface area contributed by atoms with Gasteiger partial charge in [0.1, 0.15) is 0 Å². The molecule has 0 saturated carbocycles. The highest BCUT2D eigenvalue weighted by atomic mass is 32.5. The van der Waals surface area contributed by atoms with Crippen LogP contribution in [0.15, 0.2) is 6.07 Å². The number of hydrogen-bond donors (Lipinski definition) is 2. The average molecular weight is 335 g/mol. The summed E-state index contributed by atoms with van der Waals surface area (Å²) in [5, 5.41) is 0. The van der Waals surface area contributed by atoms with Gasteiger partial charge < -0.3 is 19.2 Å². The number of anilines is 1. The van der Waals surface area contributed by atoms with E-state index in [9.17, 15) is 9.79 Å². The first-order valence-corrected chi connectivity index (χ1v) is 11.0. The Morgan fingerprint density at radius 3 is 2.19 bits per heavy atom. The lowest BCUT2D eigenvalue weighted by Crippen LogP contribution is -2.24. The van der Waals surface area contributed by atoms with E-state index in [0.717, 1.165) is 18.8 Å². The van der Waals surface area contributed by atoms with Crippen LogP contribution in [0.2, 0.25) is 0 Å². The minimum absolute atomic E-state index is 0.238. The molecule has 0 bridgehead atoms. The summed E-state index contributed by atoms with van der Waals surface area (Å²) < 4.78 is 5.46. The summed E-state index contributed by atoms with van der Waals surface area (Å²) in [6.07, 6.45) is 0. The van der Waals surface area contributed by atoms with Crippen molar-refractivity contribution >= 4 is 22.7 Å². The SMILES string of the molecule is CCN(CC)c1nc(C)cc(OP(O)(O)=S(CC)CC)n1. The third kappa shape index (κ3) is 4.95. The van der Waals surface area contributed by atoms with Crippen LogP contribution in [0, 0.1) is 6.92 Å². The van der Waals surface area contributed by atoms with Crippen LogP contribution in [-0.4, -0.2) is 44.4 Å². The monoisotopic (exact) mass is 335 g/mol. The van der Waals surface area contributed by atoms with Crippen molar-refractivity contribution in [2.75, 3.05) is 29.5 Å². The Bertz CT molecular complexity index is 523. The van der Waals surface area contributed by atoms with Gasteiger partial charge in [0, 0.05) is 24.8 Å². The van der Waals surface area contributed by atoms with Gasteiger partial charge >= 0.3 is 6.72 Å². The van der Waals surface area contributed by atoms with Crippen LogP contribution in [0.1, 0.15) is 33.4 Å². The summed E-state index contributed by atoms with van der Waals surface area (Å²) in [6.45, 7) is 7.89. The van der Waals surface area contributed by atoms with Crippen molar-refractivity contribution in [3.8, 4) is 5.88 Å². The number of rotatable bonds is 7. The Kier molecular flexibility index (Phi) is 7.13. The lowest BCUT2D eigenvalue weighted by molar-refractivity contribution is 0.363. The molecule has 0 atom stereocenters. The van der Waals surface area contributed by atoms with Crippen LogP contribution in [0.25, 0.3) is 0 Å². The van der Waals surface area contributed by atoms with E-state index in [0.29, 0.717) is 17.5 Å². The normalized spacial score (nSPS) is 11.8. The fraction of sp³-hybridized carbons (Fsp3) is 0.692. The summed E-state index contributed by atoms with van der Waals surface area (Å²) in [7, 11) is -0.551. The molecule has 1 aromatic heterocycles. The fourth-order valence-electron chi connectivity index (χ4n) is 1.93. The van der Waals surface area contributed by atoms with Crippen LogP contribution in [-0.2, 0) is 10.1 Å². The first-order valence-electron chi connectivity index (χ1n) is 7.20. The Hall–Kier alpha value is -0.620. The van der Waals surface area contributed by atoms with Gasteiger partial charge in [-0.25, -0.2) is 4.98 Å². The minimum Gasteiger partial charge on any atom is -0.409 e. The molecular formula is C13H26N3O3PS. The van der Waals surface area contributed by atoms with Gasteiger partial charge in [-0.2, -0.15) is 4.98 Å². The topological polar surface area (TPSA) is 78.7 Å². The maximum Gasteiger partial charge on any atom is 0.333 e. The van der Waals surface area contributed by atoms with Crippen molar-refractivity contribution < 1.29 is 14.3 Å². The molecule has 0 aliphatic rings. The zero-order valence-electron chi connectivity index (χ0n) is 13.4. The smallest absolute Gasteiger partial charge is 0.333 e. The molecule has 0 aromatic carbocycles. The van der Waals surface area contributed by atoms with Gasteiger partial charge in [-0.3, -0.25) is 0 Å². The molecule has 6 nitrogen and oxygen atoms in total. The second-order valence-corrected chi connectivity index (χ2v) is 10.7. The van der Waals surface area contributed by atoms with Crippen molar-refractivity contribution in [1.29, 1.82) is 0 Å². The molecule has 1 aromatic rings. The summed E-state index contributed by atoms with van der Waals surface area (Å²) >= 11 is 0. The van der Waals surface area contributed by atoms with E-state index >= 15 is 0 Å². The highest BCUT2D eigenvalue weighted by Crippen LogP contribution is 2.43. The molecule has 0 fully saturated rings. The molecule has 1 heterocycles. The van der Waals surface area contributed by atoms with Crippen molar-refractivity contribution in [3.05, 3.63) is 11.8 Å². The van der Waals surface area contributed by atoms with E-state index in [4.69, 9.17) is 4.52 Å². The number of aromatic nitrogens is 2. The maximum absolute atomic E-state index is 10.2. The van der Waals surface area contributed by atoms with Crippen molar-refractivity contribution in [2.45, 2.75) is 34.6 Å². The van der Waals surface area contributed by atoms with Crippen LogP contribution in [0.3, 0.4) is 0 Å². The van der Waals surface area contributed by atoms with E-state index in [1.165, 1.54) is 0 Å². The van der Waals surface area contributed by atoms with Gasteiger partial charge in [0.15, 0.2) is 0 Å². The van der Waals surface area contributed by atoms with Crippen LogP contribution < -0.4 is 9.42 Å². The third-order valence-electron chi connectivity index (χ3n) is 3.08. The highest BCUT2D eigenvalue weighted by Gasteiger charge is 2.19. The predicted octanol–water partition coefficient (Wildman–Crippen LogP) is 2.33. The third-order valence-corrected chi connectivity index (χ3v) is 9.30. The molecule has 0 amide bonds. The zero-order chi connectivity index (χ0) is 16.0. The lowest BCUT2D eigenvalue weighted by Gasteiger charge is -2.22. The van der Waals surface area contributed by atoms with Crippen LogP contribution in [0.4, 0.5) is 5.95 Å². The number of nitrogens with zero attached hydrogens (tertiary/aromatic N) is 3. The van der Waals surface area contributed by atoms with Gasteiger partial charge in [-0.05, 0) is 32.3 Å². The van der Waals surface area contributed by atoms with Gasteiger partial charge in [0.2, 0.25) is 11.8 Å². The van der Waals surface area contributed by atoms with Crippen molar-refractivity contribution in [1.82, 2.24) is 9.97 Å². The molecule has 1 rings (SSSR count). The minimum atomic E-state index is -3.44. The Morgan fingerprint density at radius 2 is 1.71 bits per heavy atom. The van der Waals surface area contributed by atoms with Crippen LogP contribution >= 0.6 is 6.72 Å². The lowest BCUT2D eigenvalue weighted by atomic mass is 10.4. The summed E-state index contributed by atoms with van der Waals surface area (Å²) in [4.78, 5) is 31.2. The van der Waals surface area contributed by atoms with Crippen molar-refractivity contribution in [3.63, 3.8) is 0 Å². The van der Waals surface area contributed by atoms with E-state index < -0.39 is 16.8 Å². The van der Waals surface area contributed by atoms with Gasteiger partial charge in [0.05, 0.1) is 0 Å². The van der Waals surface area contributed by atoms with E-state index in [1.54, 1.807) is 6.07 Å². The van der Waals surface area contributed by atoms with Crippen LogP contribution in [0.5, 0.6) is 5.88 Å². The number of hydrogen-bond acceptors (Lipinski definition) is 4. The largest absolute Gasteiger partial charge is 0.409 e. The zero-order valence-corrected chi connectivity index (χ0v) is 15.1. The van der Waals surface area contributed by atoms with E-state index in [1.807, 2.05) is 39.5 Å². The Labute approximate surface area is 129 Å². The molecule has 0 spiro atoms. The highest BCUT2D eigenvalue weighted by molar-refractivity contribution is 8.27. The Morgan fingerprint density at radius 1 is 1.14 bits per heavy atom. The van der Waals surface area contributed by atoms with E-state index in [2.05, 4.69) is 9.97 Å². The molecule has 0 aliphatic carbocycles. The summed E-state index contributed by atoms with van der Waals surface area (Å²) in [5.74, 6) is 2.17. The van der Waals surface area contributed by atoms with Crippen molar-refractivity contribution in [2.24, 2.45) is 0 Å². The molecular weight excluding hydrogens is 309 g/mol. The predicted molar refractivity (Wildman–Crippen MR) is 90.8 cm³/mol. The summed E-state index contributed by atoms with van der Waals surface area (Å²) in [5.41, 5.74) is 0.745. The molecule has 21 heavy (non-hydrogen) atoms. The first kappa shape index (κ1) is 18.4. The standard InChI is InChI=1S/C13H26N3O3PS/c1-6-16(7-2)13-14-11(5)10-12(15-13)19-20(17,18)21(8-3)9-4/h10,17-18H,6-9H2,1-5H3. The summed E-state index contributed by atoms with van der Waals surface area (Å²) in [6, 6.07) is 1.64. The molecule has 0 saturated heterocycles. The molecule has 2 N–H and O–H groups in total. The van der Waals surface area contributed by atoms with Gasteiger partial charge in [0.25, 0.3) is 0 Å². The second kappa shape index (κ2) is 8.13. The fourth-order valence-corrected chi connectivity index (χ4v) is 6.02. The molecule has 0 unspecified atom stereocenters. The maximum atomic E-state index is 10.2. The molecule has 122 valence electrons. The molecule has 0 aliphatic heterocycles. The number of aryl methyl sites for hydroxylation is 1. The average Bonchev–Trinajstić information content (AvgIpc) is 2.39. The van der Waals surface area contributed by atoms with Gasteiger partial charge in [-0.15, -0.1) is 10.1 Å². The first-order chi connectivity index (χ1) is 9.87. The molecule has 0 radical (unpaired) electrons. The Balaban J connectivity index is 3.18. The van der Waals surface area contributed by atoms with Gasteiger partial charge in [-0.1, -0.05) is 13.8 Å². The van der Waals surface area contributed by atoms with E-state index in [-0.39, 0.29) is 5.88 Å². The quantitative estimate of drug-likeness (QED) is 0.745. The second-order valence-electron chi connectivity index (χ2n) is 4.44.